The number of nitrogens with zero attached hydrogens (tertiary/aromatic N) is 16. The maximum atomic E-state index is 4.35. The molecule has 0 radical (unpaired) electrons. The first-order chi connectivity index (χ1) is 44.5. The van der Waals surface area contributed by atoms with E-state index in [4.69, 9.17) is 0 Å². The molecule has 0 aliphatic carbocycles. The molecule has 16 heteroatoms. The molecule has 0 spiro atoms. The highest BCUT2D eigenvalue weighted by Crippen LogP contribution is 2.21. The summed E-state index contributed by atoms with van der Waals surface area (Å²) in [7, 11) is 0. The molecule has 448 valence electrons. The summed E-state index contributed by atoms with van der Waals surface area (Å²) in [6.45, 7) is 13.6. The summed E-state index contributed by atoms with van der Waals surface area (Å²) in [5, 5.41) is 0. The van der Waals surface area contributed by atoms with Crippen molar-refractivity contribution in [2.24, 2.45) is 0 Å². The van der Waals surface area contributed by atoms with Crippen LogP contribution in [0.1, 0.15) is 40.0 Å². The summed E-state index contributed by atoms with van der Waals surface area (Å²) in [4.78, 5) is 65.8. The molecule has 0 unspecified atom stereocenters. The van der Waals surface area contributed by atoms with E-state index in [1.54, 1.807) is 49.6 Å². The van der Waals surface area contributed by atoms with Gasteiger partial charge in [-0.05, 0) is 156 Å². The Labute approximate surface area is 531 Å². The van der Waals surface area contributed by atoms with Gasteiger partial charge in [0.25, 0.3) is 0 Å². The van der Waals surface area contributed by atoms with Crippen molar-refractivity contribution >= 4 is 0 Å². The van der Waals surface area contributed by atoms with Gasteiger partial charge in [0.1, 0.15) is 24.3 Å². The Morgan fingerprint density at radius 1 is 0.209 bits per heavy atom. The van der Waals surface area contributed by atoms with Gasteiger partial charge >= 0.3 is 0 Å². The maximum Gasteiger partial charge on any atom is 0.164 e. The molecule has 0 fully saturated rings. The fourth-order valence-electron chi connectivity index (χ4n) is 8.05. The minimum atomic E-state index is 0.667. The van der Waals surface area contributed by atoms with Crippen LogP contribution in [-0.4, -0.2) is 79.7 Å². The zero-order chi connectivity index (χ0) is 63.7. The van der Waals surface area contributed by atoms with Gasteiger partial charge in [-0.2, -0.15) is 0 Å². The summed E-state index contributed by atoms with van der Waals surface area (Å²) >= 11 is 0. The molecular formula is C75H68N16. The van der Waals surface area contributed by atoms with Crippen LogP contribution in [0.4, 0.5) is 0 Å². The Balaban J connectivity index is 0.000000137. The second-order valence-corrected chi connectivity index (χ2v) is 20.1. The molecule has 0 atom stereocenters. The average molecular weight is 1190 g/mol. The Morgan fingerprint density at radius 3 is 1.04 bits per heavy atom. The molecule has 14 rings (SSSR count). The van der Waals surface area contributed by atoms with Gasteiger partial charge in [0.05, 0.1) is 11.4 Å². The van der Waals surface area contributed by atoms with E-state index in [9.17, 15) is 0 Å². The van der Waals surface area contributed by atoms with Gasteiger partial charge in [0, 0.05) is 154 Å². The number of pyridine rings is 10. The number of benzene rings is 2. The first-order valence-electron chi connectivity index (χ1n) is 29.1. The number of hydrogen-bond acceptors (Lipinski definition) is 16. The van der Waals surface area contributed by atoms with Crippen molar-refractivity contribution in [1.82, 2.24) is 79.7 Å². The third kappa shape index (κ3) is 22.3. The third-order valence-corrected chi connectivity index (χ3v) is 12.9. The Kier molecular flexibility index (Phi) is 25.4. The van der Waals surface area contributed by atoms with Crippen LogP contribution >= 0.6 is 0 Å². The Hall–Kier alpha value is -12.0. The van der Waals surface area contributed by atoms with E-state index in [0.29, 0.717) is 17.5 Å². The fourth-order valence-corrected chi connectivity index (χ4v) is 8.05. The molecule has 0 amide bonds. The number of aromatic nitrogens is 16. The van der Waals surface area contributed by atoms with Gasteiger partial charge in [-0.15, -0.1) is 0 Å². The van der Waals surface area contributed by atoms with E-state index in [2.05, 4.69) is 128 Å². The average Bonchev–Trinajstić information content (AvgIpc) is 3.81. The molecule has 0 N–H and O–H groups in total. The topological polar surface area (TPSA) is 206 Å². The summed E-state index contributed by atoms with van der Waals surface area (Å²) in [5.41, 5.74) is 18.3. The van der Waals surface area contributed by atoms with Crippen molar-refractivity contribution in [2.45, 2.75) is 48.5 Å². The van der Waals surface area contributed by atoms with Gasteiger partial charge < -0.3 is 0 Å². The predicted molar refractivity (Wildman–Crippen MR) is 361 cm³/mol. The van der Waals surface area contributed by atoms with Crippen LogP contribution in [-0.2, 0) is 0 Å². The zero-order valence-electron chi connectivity index (χ0n) is 51.8. The van der Waals surface area contributed by atoms with Crippen molar-refractivity contribution in [2.75, 3.05) is 0 Å². The van der Waals surface area contributed by atoms with Crippen LogP contribution in [0.2, 0.25) is 0 Å². The van der Waals surface area contributed by atoms with Crippen molar-refractivity contribution in [3.8, 4) is 78.7 Å². The molecule has 91 heavy (non-hydrogen) atoms. The second-order valence-electron chi connectivity index (χ2n) is 20.1. The Bertz CT molecular complexity index is 3730. The molecule has 2 aromatic carbocycles. The fraction of sp³-hybridized carbons (Fsp3) is 0.0933. The second kappa shape index (κ2) is 35.6. The lowest BCUT2D eigenvalue weighted by Crippen LogP contribution is -1.93. The number of aryl methyl sites for hydroxylation is 7. The zero-order valence-corrected chi connectivity index (χ0v) is 51.8. The molecular weight excluding hydrogens is 1120 g/mol. The quantitative estimate of drug-likeness (QED) is 0.145. The van der Waals surface area contributed by atoms with Crippen LogP contribution in [0, 0.1) is 48.5 Å². The van der Waals surface area contributed by atoms with E-state index in [1.165, 1.54) is 34.9 Å². The lowest BCUT2D eigenvalue weighted by atomic mass is 10.1. The minimum absolute atomic E-state index is 0.667. The monoisotopic (exact) mass is 1190 g/mol. The molecule has 0 saturated carbocycles. The summed E-state index contributed by atoms with van der Waals surface area (Å²) in [5.74, 6) is 2.80. The summed E-state index contributed by atoms with van der Waals surface area (Å²) in [6, 6.07) is 62.2. The summed E-state index contributed by atoms with van der Waals surface area (Å²) in [6.07, 6.45) is 28.3. The van der Waals surface area contributed by atoms with E-state index >= 15 is 0 Å². The predicted octanol–water partition coefficient (Wildman–Crippen LogP) is 16.0. The van der Waals surface area contributed by atoms with Crippen LogP contribution in [0.3, 0.4) is 0 Å². The van der Waals surface area contributed by atoms with Crippen LogP contribution < -0.4 is 0 Å². The van der Waals surface area contributed by atoms with E-state index in [0.717, 1.165) is 78.9 Å². The third-order valence-electron chi connectivity index (χ3n) is 12.9. The largest absolute Gasteiger partial charge is 0.265 e. The number of rotatable bonds is 7. The molecule has 16 nitrogen and oxygen atoms in total. The molecule has 0 aliphatic heterocycles. The Morgan fingerprint density at radius 2 is 0.615 bits per heavy atom. The standard InChI is InChI=1S/2C12H11N.3C11H10N2.2C9H8N4/c1-10-7-8-12(9-13-10)11-5-3-2-4-6-11;1-10-7-8-12(13-9-10)11-5-3-2-4-6-11;1-9-2-3-11(8-13-9)10-4-6-12-7-5-10;1-9-4-5-11(8-13-9)10-3-2-6-12-7-10;1-9-5-6-10(8-13-9)11-4-2-3-7-12-11;1-7-11-6-12-9(13-7)8-2-4-10-5-3-8;1-7-11-6-12-9(13-7)8-3-2-4-10-5-8/h2*2-9H,1H3;3*2-8H,1H3;2*2-6H,1H3. The molecule has 0 saturated heterocycles. The first-order valence-corrected chi connectivity index (χ1v) is 29.1. The van der Waals surface area contributed by atoms with Crippen molar-refractivity contribution in [3.05, 3.63) is 327 Å². The molecule has 12 aromatic heterocycles. The van der Waals surface area contributed by atoms with Crippen LogP contribution in [0.15, 0.2) is 287 Å². The maximum absolute atomic E-state index is 4.35. The van der Waals surface area contributed by atoms with E-state index < -0.39 is 0 Å². The normalized spacial score (nSPS) is 9.92. The van der Waals surface area contributed by atoms with Crippen molar-refractivity contribution in [1.29, 1.82) is 0 Å². The van der Waals surface area contributed by atoms with Crippen molar-refractivity contribution in [3.63, 3.8) is 0 Å². The lowest BCUT2D eigenvalue weighted by Gasteiger charge is -2.00. The lowest BCUT2D eigenvalue weighted by molar-refractivity contribution is 0.981. The molecule has 0 bridgehead atoms. The SMILES string of the molecule is Cc1ccc(-c2ccccc2)cn1.Cc1ccc(-c2ccccc2)nc1.Cc1ccc(-c2ccccn2)cn1.Cc1ccc(-c2cccnc2)cn1.Cc1ccc(-c2ccncc2)cn1.Cc1ncnc(-c2cccnc2)n1.Cc1ncnc(-c2ccncc2)n1. The van der Waals surface area contributed by atoms with Gasteiger partial charge in [-0.3, -0.25) is 49.8 Å². The molecule has 0 aliphatic rings. The highest BCUT2D eigenvalue weighted by Gasteiger charge is 2.03. The molecule has 14 aromatic rings. The van der Waals surface area contributed by atoms with Gasteiger partial charge in [-0.25, -0.2) is 29.9 Å². The van der Waals surface area contributed by atoms with E-state index in [-0.39, 0.29) is 0 Å². The summed E-state index contributed by atoms with van der Waals surface area (Å²) < 4.78 is 0. The number of hydrogen-bond donors (Lipinski definition) is 0. The van der Waals surface area contributed by atoms with Gasteiger partial charge in [0.2, 0.25) is 0 Å². The van der Waals surface area contributed by atoms with Gasteiger partial charge in [0.15, 0.2) is 11.6 Å². The smallest absolute Gasteiger partial charge is 0.164 e. The highest BCUT2D eigenvalue weighted by atomic mass is 15.0. The molecule has 12 heterocycles. The minimum Gasteiger partial charge on any atom is -0.265 e. The van der Waals surface area contributed by atoms with Crippen molar-refractivity contribution < 1.29 is 0 Å². The first kappa shape index (κ1) is 64.9. The van der Waals surface area contributed by atoms with E-state index in [1.807, 2.05) is 225 Å². The van der Waals surface area contributed by atoms with Gasteiger partial charge in [-0.1, -0.05) is 97.1 Å². The highest BCUT2D eigenvalue weighted by molar-refractivity contribution is 5.64. The van der Waals surface area contributed by atoms with Crippen LogP contribution in [0.5, 0.6) is 0 Å². The van der Waals surface area contributed by atoms with Crippen LogP contribution in [0.25, 0.3) is 78.7 Å².